The second-order valence-electron chi connectivity index (χ2n) is 5.35. The Labute approximate surface area is 103 Å². The monoisotopic (exact) mass is 237 g/mol. The number of hydrogen-bond donors (Lipinski definition) is 1. The summed E-state index contributed by atoms with van der Waals surface area (Å²) in [5.41, 5.74) is 0.107. The summed E-state index contributed by atoms with van der Waals surface area (Å²) in [7, 11) is 0. The summed E-state index contributed by atoms with van der Waals surface area (Å²) in [6.45, 7) is 7.30. The van der Waals surface area contributed by atoms with E-state index < -0.39 is 0 Å². The standard InChI is InChI=1S/C13H23N3O/c1-4-14-10(2)11-15-16-12(17-11)13(3)8-6-5-7-9-13/h10,14H,4-9H2,1-3H3. The molecule has 1 unspecified atom stereocenters. The largest absolute Gasteiger partial charge is 0.423 e. The van der Waals surface area contributed by atoms with Crippen molar-refractivity contribution in [3.05, 3.63) is 11.8 Å². The molecule has 1 heterocycles. The molecule has 0 amide bonds. The van der Waals surface area contributed by atoms with Gasteiger partial charge in [-0.25, -0.2) is 0 Å². The highest BCUT2D eigenvalue weighted by atomic mass is 16.4. The summed E-state index contributed by atoms with van der Waals surface area (Å²) in [4.78, 5) is 0. The second-order valence-corrected chi connectivity index (χ2v) is 5.35. The van der Waals surface area contributed by atoms with Crippen molar-refractivity contribution in [1.82, 2.24) is 15.5 Å². The van der Waals surface area contributed by atoms with Crippen molar-refractivity contribution in [2.45, 2.75) is 64.3 Å². The van der Waals surface area contributed by atoms with E-state index in [9.17, 15) is 0 Å². The fraction of sp³-hybridized carbons (Fsp3) is 0.846. The molecule has 1 fully saturated rings. The number of aromatic nitrogens is 2. The number of hydrogen-bond acceptors (Lipinski definition) is 4. The van der Waals surface area contributed by atoms with Crippen LogP contribution in [0.25, 0.3) is 0 Å². The Bertz CT molecular complexity index is 355. The Morgan fingerprint density at radius 3 is 2.65 bits per heavy atom. The normalized spacial score (nSPS) is 21.4. The van der Waals surface area contributed by atoms with Gasteiger partial charge in [0.25, 0.3) is 0 Å². The third-order valence-corrected chi connectivity index (χ3v) is 3.79. The molecule has 0 bridgehead atoms. The van der Waals surface area contributed by atoms with Crippen molar-refractivity contribution in [2.75, 3.05) is 6.54 Å². The van der Waals surface area contributed by atoms with Gasteiger partial charge in [-0.3, -0.25) is 0 Å². The molecule has 96 valence electrons. The molecule has 4 heteroatoms. The zero-order valence-electron chi connectivity index (χ0n) is 11.1. The zero-order valence-corrected chi connectivity index (χ0v) is 11.1. The molecule has 0 radical (unpaired) electrons. The molecule has 1 atom stereocenters. The van der Waals surface area contributed by atoms with Gasteiger partial charge in [0, 0.05) is 5.41 Å². The topological polar surface area (TPSA) is 51.0 Å². The third kappa shape index (κ3) is 2.68. The molecule has 1 saturated carbocycles. The Morgan fingerprint density at radius 2 is 2.00 bits per heavy atom. The highest BCUT2D eigenvalue weighted by molar-refractivity contribution is 5.04. The predicted octanol–water partition coefficient (Wildman–Crippen LogP) is 2.96. The first kappa shape index (κ1) is 12.6. The van der Waals surface area contributed by atoms with Gasteiger partial charge in [-0.15, -0.1) is 10.2 Å². The summed E-state index contributed by atoms with van der Waals surface area (Å²) in [5, 5.41) is 11.7. The first-order valence-electron chi connectivity index (χ1n) is 6.73. The van der Waals surface area contributed by atoms with Gasteiger partial charge in [0.1, 0.15) is 0 Å². The highest BCUT2D eigenvalue weighted by Gasteiger charge is 2.34. The van der Waals surface area contributed by atoms with Crippen molar-refractivity contribution in [2.24, 2.45) is 0 Å². The predicted molar refractivity (Wildman–Crippen MR) is 66.8 cm³/mol. The fourth-order valence-corrected chi connectivity index (χ4v) is 2.59. The van der Waals surface area contributed by atoms with E-state index in [2.05, 4.69) is 36.3 Å². The highest BCUT2D eigenvalue weighted by Crippen LogP contribution is 2.38. The van der Waals surface area contributed by atoms with Crippen molar-refractivity contribution in [3.63, 3.8) is 0 Å². The minimum absolute atomic E-state index is 0.107. The molecule has 17 heavy (non-hydrogen) atoms. The zero-order chi connectivity index (χ0) is 12.3. The maximum atomic E-state index is 5.86. The van der Waals surface area contributed by atoms with E-state index in [1.807, 2.05) is 0 Å². The maximum Gasteiger partial charge on any atom is 0.233 e. The minimum Gasteiger partial charge on any atom is -0.423 e. The number of nitrogens with one attached hydrogen (secondary N) is 1. The molecule has 0 aliphatic heterocycles. The smallest absolute Gasteiger partial charge is 0.233 e. The third-order valence-electron chi connectivity index (χ3n) is 3.79. The molecular formula is C13H23N3O. The van der Waals surface area contributed by atoms with Crippen molar-refractivity contribution < 1.29 is 4.42 Å². The van der Waals surface area contributed by atoms with Gasteiger partial charge < -0.3 is 9.73 Å². The summed E-state index contributed by atoms with van der Waals surface area (Å²) in [6.07, 6.45) is 6.23. The molecule has 4 nitrogen and oxygen atoms in total. The molecule has 1 aromatic heterocycles. The first-order valence-corrected chi connectivity index (χ1v) is 6.73. The average Bonchev–Trinajstić information content (AvgIpc) is 2.80. The molecule has 0 aromatic carbocycles. The maximum absolute atomic E-state index is 5.86. The van der Waals surface area contributed by atoms with Crippen LogP contribution in [0, 0.1) is 0 Å². The van der Waals surface area contributed by atoms with Crippen LogP contribution in [-0.4, -0.2) is 16.7 Å². The first-order chi connectivity index (χ1) is 8.15. The van der Waals surface area contributed by atoms with E-state index in [1.165, 1.54) is 32.1 Å². The van der Waals surface area contributed by atoms with E-state index in [0.717, 1.165) is 12.4 Å². The van der Waals surface area contributed by atoms with E-state index in [-0.39, 0.29) is 11.5 Å². The molecule has 2 rings (SSSR count). The van der Waals surface area contributed by atoms with Crippen LogP contribution < -0.4 is 5.32 Å². The Kier molecular flexibility index (Phi) is 3.82. The summed E-state index contributed by atoms with van der Waals surface area (Å²) in [6, 6.07) is 0.147. The minimum atomic E-state index is 0.107. The van der Waals surface area contributed by atoms with Gasteiger partial charge in [0.05, 0.1) is 6.04 Å². The van der Waals surface area contributed by atoms with Gasteiger partial charge in [0.2, 0.25) is 11.8 Å². The lowest BCUT2D eigenvalue weighted by atomic mass is 9.76. The van der Waals surface area contributed by atoms with Gasteiger partial charge >= 0.3 is 0 Å². The summed E-state index contributed by atoms with van der Waals surface area (Å²) < 4.78 is 5.86. The number of rotatable bonds is 4. The fourth-order valence-electron chi connectivity index (χ4n) is 2.59. The van der Waals surface area contributed by atoms with Crippen molar-refractivity contribution in [3.8, 4) is 0 Å². The van der Waals surface area contributed by atoms with Crippen LogP contribution in [0.5, 0.6) is 0 Å². The van der Waals surface area contributed by atoms with E-state index >= 15 is 0 Å². The van der Waals surface area contributed by atoms with Crippen LogP contribution in [0.1, 0.15) is 70.7 Å². The van der Waals surface area contributed by atoms with Crippen LogP contribution in [0.15, 0.2) is 4.42 Å². The van der Waals surface area contributed by atoms with Crippen LogP contribution in [0.4, 0.5) is 0 Å². The summed E-state index contributed by atoms with van der Waals surface area (Å²) >= 11 is 0. The van der Waals surface area contributed by atoms with E-state index in [1.54, 1.807) is 0 Å². The molecule has 0 spiro atoms. The van der Waals surface area contributed by atoms with Crippen molar-refractivity contribution >= 4 is 0 Å². The van der Waals surface area contributed by atoms with Crippen LogP contribution >= 0.6 is 0 Å². The lowest BCUT2D eigenvalue weighted by molar-refractivity contribution is 0.247. The molecular weight excluding hydrogens is 214 g/mol. The van der Waals surface area contributed by atoms with Gasteiger partial charge in [-0.05, 0) is 26.3 Å². The quantitative estimate of drug-likeness (QED) is 0.874. The summed E-state index contributed by atoms with van der Waals surface area (Å²) in [5.74, 6) is 1.55. The molecule has 1 N–H and O–H groups in total. The van der Waals surface area contributed by atoms with Crippen molar-refractivity contribution in [1.29, 1.82) is 0 Å². The Hall–Kier alpha value is -0.900. The van der Waals surface area contributed by atoms with Gasteiger partial charge in [-0.2, -0.15) is 0 Å². The SMILES string of the molecule is CCNC(C)c1nnc(C2(C)CCCCC2)o1. The molecule has 1 aliphatic carbocycles. The molecule has 1 aromatic rings. The van der Waals surface area contributed by atoms with E-state index in [0.29, 0.717) is 5.89 Å². The van der Waals surface area contributed by atoms with Crippen LogP contribution in [0.3, 0.4) is 0 Å². The molecule has 1 aliphatic rings. The number of nitrogens with zero attached hydrogens (tertiary/aromatic N) is 2. The second kappa shape index (κ2) is 5.17. The Morgan fingerprint density at radius 1 is 1.29 bits per heavy atom. The average molecular weight is 237 g/mol. The van der Waals surface area contributed by atoms with Gasteiger partial charge in [0.15, 0.2) is 0 Å². The lowest BCUT2D eigenvalue weighted by Crippen LogP contribution is -2.25. The Balaban J connectivity index is 2.11. The molecule has 0 saturated heterocycles. The lowest BCUT2D eigenvalue weighted by Gasteiger charge is -2.29. The van der Waals surface area contributed by atoms with E-state index in [4.69, 9.17) is 4.42 Å². The van der Waals surface area contributed by atoms with Crippen LogP contribution in [-0.2, 0) is 5.41 Å². The van der Waals surface area contributed by atoms with Gasteiger partial charge in [-0.1, -0.05) is 33.1 Å². The van der Waals surface area contributed by atoms with Crippen LogP contribution in [0.2, 0.25) is 0 Å².